The lowest BCUT2D eigenvalue weighted by molar-refractivity contribution is -0.137. The first-order valence-corrected chi connectivity index (χ1v) is 7.83. The topological polar surface area (TPSA) is 87.7 Å². The summed E-state index contributed by atoms with van der Waals surface area (Å²) in [4.78, 5) is 37.4. The van der Waals surface area contributed by atoms with E-state index in [0.29, 0.717) is 13.0 Å². The van der Waals surface area contributed by atoms with Gasteiger partial charge in [0.1, 0.15) is 18.2 Å². The number of amides is 3. The van der Waals surface area contributed by atoms with Crippen molar-refractivity contribution >= 4 is 17.9 Å². The van der Waals surface area contributed by atoms with Crippen molar-refractivity contribution in [3.05, 3.63) is 0 Å². The normalized spacial score (nSPS) is 21.4. The van der Waals surface area contributed by atoms with Gasteiger partial charge in [-0.15, -0.1) is 0 Å². The summed E-state index contributed by atoms with van der Waals surface area (Å²) >= 11 is 0. The van der Waals surface area contributed by atoms with Crippen molar-refractivity contribution in [2.45, 2.75) is 64.1 Å². The Labute approximate surface area is 130 Å². The number of carbonyl (C=O) groups is 3. The number of hydrogen-bond donors (Lipinski definition) is 2. The number of ether oxygens (including phenoxy) is 1. The average Bonchev–Trinajstić information content (AvgIpc) is 3.06. The molecule has 0 radical (unpaired) electrons. The van der Waals surface area contributed by atoms with Crippen LogP contribution < -0.4 is 10.6 Å². The molecule has 22 heavy (non-hydrogen) atoms. The van der Waals surface area contributed by atoms with Crippen LogP contribution in [0.5, 0.6) is 0 Å². The van der Waals surface area contributed by atoms with Crippen LogP contribution in [0.2, 0.25) is 0 Å². The minimum absolute atomic E-state index is 0.0781. The fraction of sp³-hybridized carbons (Fsp3) is 0.800. The number of alkyl carbamates (subject to hydrolysis) is 1. The number of likely N-dealkylation sites (tertiary alicyclic amines) is 1. The molecule has 0 bridgehead atoms. The highest BCUT2D eigenvalue weighted by molar-refractivity contribution is 5.90. The third kappa shape index (κ3) is 4.89. The first kappa shape index (κ1) is 16.6. The van der Waals surface area contributed by atoms with E-state index in [2.05, 4.69) is 10.6 Å². The Bertz CT molecular complexity index is 454. The van der Waals surface area contributed by atoms with Crippen molar-refractivity contribution in [1.29, 1.82) is 0 Å². The minimum Gasteiger partial charge on any atom is -0.444 e. The van der Waals surface area contributed by atoms with Crippen LogP contribution in [0.1, 0.15) is 46.5 Å². The van der Waals surface area contributed by atoms with Gasteiger partial charge in [-0.05, 0) is 46.5 Å². The number of hydrogen-bond acceptors (Lipinski definition) is 4. The second-order valence-corrected chi connectivity index (χ2v) is 6.88. The molecule has 2 rings (SSSR count). The van der Waals surface area contributed by atoms with Gasteiger partial charge < -0.3 is 20.3 Å². The summed E-state index contributed by atoms with van der Waals surface area (Å²) < 4.78 is 5.09. The standard InChI is InChI=1S/C15H25N3O4/c1-15(2,3)22-14(21)16-9-12(19)18-8-4-5-11(18)13(20)17-10-6-7-10/h10-11H,4-9H2,1-3H3,(H,16,21)(H,17,20)/t11-/m0/s1. The Balaban J connectivity index is 1.80. The molecule has 7 nitrogen and oxygen atoms in total. The molecule has 0 unspecified atom stereocenters. The predicted molar refractivity (Wildman–Crippen MR) is 80.1 cm³/mol. The maximum Gasteiger partial charge on any atom is 0.408 e. The Kier molecular flexibility index (Phi) is 4.93. The lowest BCUT2D eigenvalue weighted by Gasteiger charge is -2.25. The van der Waals surface area contributed by atoms with E-state index < -0.39 is 17.7 Å². The third-order valence-electron chi connectivity index (χ3n) is 3.58. The number of nitrogens with zero attached hydrogens (tertiary/aromatic N) is 1. The SMILES string of the molecule is CC(C)(C)OC(=O)NCC(=O)N1CCC[C@H]1C(=O)NC1CC1. The van der Waals surface area contributed by atoms with Gasteiger partial charge in [-0.3, -0.25) is 9.59 Å². The Morgan fingerprint density at radius 1 is 1.18 bits per heavy atom. The zero-order valence-corrected chi connectivity index (χ0v) is 13.5. The van der Waals surface area contributed by atoms with Crippen molar-refractivity contribution in [2.75, 3.05) is 13.1 Å². The quantitative estimate of drug-likeness (QED) is 0.803. The summed E-state index contributed by atoms with van der Waals surface area (Å²) in [6.45, 7) is 5.67. The molecule has 0 aromatic rings. The first-order valence-electron chi connectivity index (χ1n) is 7.83. The van der Waals surface area contributed by atoms with Crippen LogP contribution in [0.15, 0.2) is 0 Å². The molecule has 2 N–H and O–H groups in total. The Morgan fingerprint density at radius 2 is 1.86 bits per heavy atom. The van der Waals surface area contributed by atoms with Gasteiger partial charge in [-0.2, -0.15) is 0 Å². The van der Waals surface area contributed by atoms with Crippen molar-refractivity contribution in [3.8, 4) is 0 Å². The first-order chi connectivity index (χ1) is 10.3. The summed E-state index contributed by atoms with van der Waals surface area (Å²) in [5.74, 6) is -0.329. The highest BCUT2D eigenvalue weighted by Gasteiger charge is 2.36. The van der Waals surface area contributed by atoms with Crippen molar-refractivity contribution in [1.82, 2.24) is 15.5 Å². The van der Waals surface area contributed by atoms with Crippen molar-refractivity contribution in [2.24, 2.45) is 0 Å². The van der Waals surface area contributed by atoms with Crippen LogP contribution in [0, 0.1) is 0 Å². The molecule has 1 atom stereocenters. The molecular weight excluding hydrogens is 286 g/mol. The molecule has 2 aliphatic rings. The molecular formula is C15H25N3O4. The van der Waals surface area contributed by atoms with Gasteiger partial charge in [0.25, 0.3) is 0 Å². The van der Waals surface area contributed by atoms with Gasteiger partial charge in [0, 0.05) is 12.6 Å². The van der Waals surface area contributed by atoms with Crippen molar-refractivity contribution < 1.29 is 19.1 Å². The van der Waals surface area contributed by atoms with Crippen LogP contribution in [0.4, 0.5) is 4.79 Å². The molecule has 3 amide bonds. The van der Waals surface area contributed by atoms with E-state index in [1.807, 2.05) is 0 Å². The highest BCUT2D eigenvalue weighted by Crippen LogP contribution is 2.22. The second kappa shape index (κ2) is 6.54. The van der Waals surface area contributed by atoms with Gasteiger partial charge >= 0.3 is 6.09 Å². The van der Waals surface area contributed by atoms with Crippen molar-refractivity contribution in [3.63, 3.8) is 0 Å². The summed E-state index contributed by atoms with van der Waals surface area (Å²) in [6, 6.07) is -0.126. The molecule has 1 aliphatic heterocycles. The fourth-order valence-electron chi connectivity index (χ4n) is 2.43. The van der Waals surface area contributed by atoms with Crippen LogP contribution in [0.3, 0.4) is 0 Å². The van der Waals surface area contributed by atoms with E-state index in [4.69, 9.17) is 4.74 Å². The van der Waals surface area contributed by atoms with E-state index >= 15 is 0 Å². The predicted octanol–water partition coefficient (Wildman–Crippen LogP) is 0.781. The summed E-state index contributed by atoms with van der Waals surface area (Å²) in [7, 11) is 0. The second-order valence-electron chi connectivity index (χ2n) is 6.88. The lowest BCUT2D eigenvalue weighted by atomic mass is 10.2. The van der Waals surface area contributed by atoms with Gasteiger partial charge in [0.05, 0.1) is 0 Å². The van der Waals surface area contributed by atoms with E-state index in [-0.39, 0.29) is 24.4 Å². The van der Waals surface area contributed by atoms with Crippen LogP contribution in [0.25, 0.3) is 0 Å². The largest absolute Gasteiger partial charge is 0.444 e. The third-order valence-corrected chi connectivity index (χ3v) is 3.58. The van der Waals surface area contributed by atoms with Crippen LogP contribution in [-0.2, 0) is 14.3 Å². The van der Waals surface area contributed by atoms with E-state index in [9.17, 15) is 14.4 Å². The summed E-state index contributed by atoms with van der Waals surface area (Å²) in [6.07, 6.45) is 2.90. The molecule has 0 aromatic heterocycles. The molecule has 7 heteroatoms. The smallest absolute Gasteiger partial charge is 0.408 e. The summed E-state index contributed by atoms with van der Waals surface area (Å²) in [5, 5.41) is 5.38. The Morgan fingerprint density at radius 3 is 2.45 bits per heavy atom. The number of rotatable bonds is 4. The Hall–Kier alpha value is -1.79. The molecule has 1 saturated carbocycles. The lowest BCUT2D eigenvalue weighted by Crippen LogP contribution is -2.49. The monoisotopic (exact) mass is 311 g/mol. The van der Waals surface area contributed by atoms with Gasteiger partial charge in [-0.1, -0.05) is 0 Å². The van der Waals surface area contributed by atoms with E-state index in [1.54, 1.807) is 25.7 Å². The van der Waals surface area contributed by atoms with Gasteiger partial charge in [-0.25, -0.2) is 4.79 Å². The van der Waals surface area contributed by atoms with Crippen LogP contribution >= 0.6 is 0 Å². The molecule has 2 fully saturated rings. The van der Waals surface area contributed by atoms with Crippen LogP contribution in [-0.4, -0.2) is 53.6 Å². The molecule has 1 aliphatic carbocycles. The van der Waals surface area contributed by atoms with E-state index in [1.165, 1.54) is 0 Å². The summed E-state index contributed by atoms with van der Waals surface area (Å²) in [5.41, 5.74) is -0.604. The fourth-order valence-corrected chi connectivity index (χ4v) is 2.43. The molecule has 124 valence electrons. The van der Waals surface area contributed by atoms with E-state index in [0.717, 1.165) is 19.3 Å². The minimum atomic E-state index is -0.626. The molecule has 0 spiro atoms. The maximum absolute atomic E-state index is 12.2. The highest BCUT2D eigenvalue weighted by atomic mass is 16.6. The van der Waals surface area contributed by atoms with Gasteiger partial charge in [0.15, 0.2) is 0 Å². The number of nitrogens with one attached hydrogen (secondary N) is 2. The zero-order chi connectivity index (χ0) is 16.3. The zero-order valence-electron chi connectivity index (χ0n) is 13.5. The number of carbonyl (C=O) groups excluding carboxylic acids is 3. The average molecular weight is 311 g/mol. The van der Waals surface area contributed by atoms with Gasteiger partial charge in [0.2, 0.25) is 11.8 Å². The molecule has 0 aromatic carbocycles. The molecule has 1 heterocycles. The maximum atomic E-state index is 12.2. The molecule has 1 saturated heterocycles.